The molecule has 0 aliphatic carbocycles. The van der Waals surface area contributed by atoms with Crippen LogP contribution in [0, 0.1) is 5.92 Å². The maximum Gasteiger partial charge on any atom is 0.256 e. The molecule has 0 radical (unpaired) electrons. The Morgan fingerprint density at radius 3 is 2.42 bits per heavy atom. The Hall–Kier alpha value is -5.12. The number of hydrogen-bond acceptors (Lipinski definition) is 11. The fourth-order valence-electron chi connectivity index (χ4n) is 9.92. The number of thioether (sulfide) groups is 1. The van der Waals surface area contributed by atoms with Gasteiger partial charge in [0.15, 0.2) is 0 Å². The third-order valence-corrected chi connectivity index (χ3v) is 14.8. The molecule has 14 nitrogen and oxygen atoms in total. The fraction of sp³-hybridized carbons (Fsp3) is 0.531. The van der Waals surface area contributed by atoms with Crippen LogP contribution in [-0.4, -0.2) is 142 Å². The number of benzene rings is 1. The highest BCUT2D eigenvalue weighted by Crippen LogP contribution is 2.35. The molecule has 64 heavy (non-hydrogen) atoms. The van der Waals surface area contributed by atoms with Gasteiger partial charge in [-0.1, -0.05) is 31.0 Å². The van der Waals surface area contributed by atoms with E-state index in [1.807, 2.05) is 47.4 Å². The molecule has 5 aliphatic rings. The lowest BCUT2D eigenvalue weighted by molar-refractivity contribution is -0.137. The molecule has 3 aromatic rings. The third kappa shape index (κ3) is 11.8. The summed E-state index contributed by atoms with van der Waals surface area (Å²) < 4.78 is 0. The van der Waals surface area contributed by atoms with Crippen LogP contribution in [0.3, 0.4) is 0 Å². The van der Waals surface area contributed by atoms with Gasteiger partial charge >= 0.3 is 0 Å². The van der Waals surface area contributed by atoms with E-state index in [-0.39, 0.29) is 36.0 Å². The first-order valence-electron chi connectivity index (χ1n) is 23.5. The minimum Gasteiger partial charge on any atom is -0.357 e. The molecule has 1 atom stereocenters. The number of piperazine rings is 1. The molecule has 8 rings (SSSR count). The highest BCUT2D eigenvalue weighted by Gasteiger charge is 2.40. The molecule has 4 fully saturated rings. The Morgan fingerprint density at radius 2 is 1.67 bits per heavy atom. The van der Waals surface area contributed by atoms with E-state index in [0.717, 1.165) is 150 Å². The van der Waals surface area contributed by atoms with Gasteiger partial charge in [-0.2, -0.15) is 0 Å². The van der Waals surface area contributed by atoms with Crippen molar-refractivity contribution in [3.8, 4) is 0 Å². The summed E-state index contributed by atoms with van der Waals surface area (Å²) in [5, 5.41) is 5.36. The van der Waals surface area contributed by atoms with Crippen LogP contribution in [0.5, 0.6) is 0 Å². The first-order chi connectivity index (χ1) is 31.3. The van der Waals surface area contributed by atoms with Gasteiger partial charge in [-0.25, -0.2) is 4.98 Å². The summed E-state index contributed by atoms with van der Waals surface area (Å²) in [6.45, 7) is 10.0. The number of nitrogens with one attached hydrogen (secondary N) is 2. The number of likely N-dealkylation sites (tertiary alicyclic amines) is 1. The third-order valence-electron chi connectivity index (χ3n) is 13.7. The zero-order valence-corrected chi connectivity index (χ0v) is 37.8. The zero-order valence-electron chi connectivity index (χ0n) is 37.0. The van der Waals surface area contributed by atoms with Crippen molar-refractivity contribution in [1.82, 2.24) is 40.2 Å². The van der Waals surface area contributed by atoms with Crippen LogP contribution in [0.15, 0.2) is 72.0 Å². The van der Waals surface area contributed by atoms with Gasteiger partial charge < -0.3 is 24.9 Å². The molecule has 0 spiro atoms. The lowest BCUT2D eigenvalue weighted by atomic mass is 9.91. The number of carbonyl (C=O) groups is 5. The van der Waals surface area contributed by atoms with Gasteiger partial charge in [0.25, 0.3) is 11.8 Å². The predicted molar refractivity (Wildman–Crippen MR) is 249 cm³/mol. The molecule has 15 heteroatoms. The number of fused-ring (bicyclic) bond motifs is 1. The molecule has 5 amide bonds. The molecule has 7 heterocycles. The van der Waals surface area contributed by atoms with Crippen LogP contribution >= 0.6 is 11.8 Å². The highest BCUT2D eigenvalue weighted by atomic mass is 32.2. The summed E-state index contributed by atoms with van der Waals surface area (Å²) in [7, 11) is 0. The molecule has 1 aromatic carbocycles. The zero-order chi connectivity index (χ0) is 44.3. The largest absolute Gasteiger partial charge is 0.357 e. The van der Waals surface area contributed by atoms with Crippen molar-refractivity contribution in [1.29, 1.82) is 0 Å². The maximum absolute atomic E-state index is 13.4. The van der Waals surface area contributed by atoms with Gasteiger partial charge in [-0.3, -0.25) is 39.2 Å². The number of imide groups is 1. The molecule has 2 N–H and O–H groups in total. The van der Waals surface area contributed by atoms with Crippen LogP contribution in [0.2, 0.25) is 0 Å². The number of unbranched alkanes of at least 4 members (excludes halogenated alkanes) is 2. The fourth-order valence-corrected chi connectivity index (χ4v) is 11.0. The van der Waals surface area contributed by atoms with Gasteiger partial charge in [0.1, 0.15) is 11.9 Å². The van der Waals surface area contributed by atoms with Crippen LogP contribution in [0.25, 0.3) is 6.08 Å². The molecular weight excluding hydrogens is 827 g/mol. The number of aromatic nitrogens is 2. The van der Waals surface area contributed by atoms with E-state index >= 15 is 0 Å². The Balaban J connectivity index is 0.670. The average Bonchev–Trinajstić information content (AvgIpc) is 3.67. The number of piperidine rings is 3. The van der Waals surface area contributed by atoms with Crippen molar-refractivity contribution in [2.75, 3.05) is 76.1 Å². The summed E-state index contributed by atoms with van der Waals surface area (Å²) in [6, 6.07) is 13.7. The Bertz CT molecular complexity index is 2110. The molecule has 340 valence electrons. The maximum atomic E-state index is 13.4. The smallest absolute Gasteiger partial charge is 0.256 e. The highest BCUT2D eigenvalue weighted by molar-refractivity contribution is 7.99. The lowest BCUT2D eigenvalue weighted by Gasteiger charge is -2.43. The Labute approximate surface area is 381 Å². The van der Waals surface area contributed by atoms with Crippen molar-refractivity contribution in [3.63, 3.8) is 0 Å². The van der Waals surface area contributed by atoms with Gasteiger partial charge in [0.2, 0.25) is 17.7 Å². The first kappa shape index (κ1) is 45.4. The number of nitrogens with zero attached hydrogens (tertiary/aromatic N) is 7. The molecule has 0 bridgehead atoms. The molecule has 5 aliphatic heterocycles. The van der Waals surface area contributed by atoms with Crippen molar-refractivity contribution in [2.45, 2.75) is 94.2 Å². The van der Waals surface area contributed by atoms with Crippen LogP contribution in [-0.2, 0) is 20.9 Å². The monoisotopic (exact) mass is 889 g/mol. The summed E-state index contributed by atoms with van der Waals surface area (Å²) in [5.74, 6) is 1.75. The minimum atomic E-state index is -0.588. The molecule has 2 aromatic heterocycles. The second-order valence-electron chi connectivity index (χ2n) is 17.9. The van der Waals surface area contributed by atoms with Gasteiger partial charge in [-0.05, 0) is 111 Å². The van der Waals surface area contributed by atoms with Crippen LogP contribution < -0.4 is 15.5 Å². The van der Waals surface area contributed by atoms with Gasteiger partial charge in [0, 0.05) is 107 Å². The normalized spacial score (nSPS) is 20.5. The second-order valence-corrected chi connectivity index (χ2v) is 19.0. The number of amides is 5. The van der Waals surface area contributed by atoms with E-state index in [1.165, 1.54) is 0 Å². The Kier molecular flexibility index (Phi) is 15.8. The molecule has 0 saturated carbocycles. The van der Waals surface area contributed by atoms with E-state index in [1.54, 1.807) is 47.4 Å². The van der Waals surface area contributed by atoms with Gasteiger partial charge in [0.05, 0.1) is 11.1 Å². The lowest BCUT2D eigenvalue weighted by Crippen LogP contribution is -2.53. The Morgan fingerprint density at radius 1 is 0.844 bits per heavy atom. The SMILES string of the molecule is O=C(/C=C/c1cccnc1)NCCCCC1CCN(C(=O)c2ccc(N3CCC(N4CCN(CCCCSc5cccc6c5C(=O)N(C5CCC(=O)NC5=O)C6)CC4)CC3)nc2)CC1. The summed E-state index contributed by atoms with van der Waals surface area (Å²) in [5.41, 5.74) is 3.25. The number of pyridine rings is 2. The summed E-state index contributed by atoms with van der Waals surface area (Å²) in [6.07, 6.45) is 18.7. The average molecular weight is 890 g/mol. The number of hydrogen-bond donors (Lipinski definition) is 2. The topological polar surface area (TPSA) is 151 Å². The summed E-state index contributed by atoms with van der Waals surface area (Å²) >= 11 is 1.73. The van der Waals surface area contributed by atoms with Crippen molar-refractivity contribution in [3.05, 3.63) is 89.4 Å². The van der Waals surface area contributed by atoms with E-state index in [9.17, 15) is 24.0 Å². The second kappa shape index (κ2) is 22.2. The standard InChI is InChI=1S/C49H63N9O5S/c59-44(15-11-37-8-6-21-50-33-37)51-22-2-1-7-36-17-24-57(25-18-36)48(62)38-12-14-43(52-34-38)56-26-19-40(20-27-56)55-30-28-54(29-31-55)23-3-4-32-64-42-10-5-9-39-35-58(49(63)46(39)42)41-13-16-45(60)53-47(41)61/h5-6,8-12,14-15,21,33-34,36,40-41H,1-4,7,13,16-20,22-32,35H2,(H,51,59)(H,53,60,61)/b15-11+. The van der Waals surface area contributed by atoms with Crippen LogP contribution in [0.1, 0.15) is 102 Å². The molecule has 1 unspecified atom stereocenters. The van der Waals surface area contributed by atoms with E-state index in [0.29, 0.717) is 37.0 Å². The molecule has 4 saturated heterocycles. The predicted octanol–water partition coefficient (Wildman–Crippen LogP) is 5.25. The van der Waals surface area contributed by atoms with E-state index in [4.69, 9.17) is 4.98 Å². The number of rotatable bonds is 17. The van der Waals surface area contributed by atoms with Gasteiger partial charge in [-0.15, -0.1) is 11.8 Å². The van der Waals surface area contributed by atoms with Crippen molar-refractivity contribution < 1.29 is 24.0 Å². The van der Waals surface area contributed by atoms with E-state index < -0.39 is 6.04 Å². The minimum absolute atomic E-state index is 0.0747. The number of anilines is 1. The van der Waals surface area contributed by atoms with Crippen LogP contribution in [0.4, 0.5) is 5.82 Å². The van der Waals surface area contributed by atoms with Crippen molar-refractivity contribution >= 4 is 53.2 Å². The summed E-state index contributed by atoms with van der Waals surface area (Å²) in [4.78, 5) is 84.1. The number of carbonyl (C=O) groups excluding carboxylic acids is 5. The quantitative estimate of drug-likeness (QED) is 0.0793. The molecular formula is C49H63N9O5S. The van der Waals surface area contributed by atoms with Crippen molar-refractivity contribution in [2.24, 2.45) is 5.92 Å². The first-order valence-corrected chi connectivity index (χ1v) is 24.5. The van der Waals surface area contributed by atoms with E-state index in [2.05, 4.69) is 30.3 Å².